The van der Waals surface area contributed by atoms with Gasteiger partial charge in [0.2, 0.25) is 0 Å². The molecule has 1 aromatic heterocycles. The van der Waals surface area contributed by atoms with Gasteiger partial charge in [-0.25, -0.2) is 19.2 Å². The van der Waals surface area contributed by atoms with Gasteiger partial charge in [0.1, 0.15) is 17.1 Å². The van der Waals surface area contributed by atoms with E-state index in [4.69, 9.17) is 14.7 Å². The number of esters is 1. The van der Waals surface area contributed by atoms with Crippen LogP contribution in [0.5, 0.6) is 0 Å². The lowest BCUT2D eigenvalue weighted by atomic mass is 10.1. The molecule has 0 unspecified atom stereocenters. The second-order valence-electron chi connectivity index (χ2n) is 8.79. The number of hydrogen-bond donors (Lipinski definition) is 0. The number of benzene rings is 2. The quantitative estimate of drug-likeness (QED) is 0.546. The molecule has 3 aromatic rings. The minimum Gasteiger partial charge on any atom is -0.456 e. The summed E-state index contributed by atoms with van der Waals surface area (Å²) in [5.74, 6) is 0.0935. The van der Waals surface area contributed by atoms with Crippen molar-refractivity contribution in [1.29, 1.82) is 0 Å². The third-order valence-corrected chi connectivity index (χ3v) is 5.22. The molecule has 0 bridgehead atoms. The molecule has 0 saturated carbocycles. The van der Waals surface area contributed by atoms with Crippen molar-refractivity contribution < 1.29 is 13.9 Å². The van der Waals surface area contributed by atoms with E-state index >= 15 is 0 Å². The molecule has 0 spiro atoms. The Balaban J connectivity index is 1.83. The molecule has 0 aliphatic carbocycles. The van der Waals surface area contributed by atoms with Crippen molar-refractivity contribution in [2.75, 3.05) is 11.4 Å². The Morgan fingerprint density at radius 3 is 2.47 bits per heavy atom. The number of nitrogens with zero attached hydrogens (tertiary/aromatic N) is 3. The Hall–Kier alpha value is -3.02. The number of halogens is 1. The third-order valence-electron chi connectivity index (χ3n) is 5.22. The van der Waals surface area contributed by atoms with Gasteiger partial charge in [-0.15, -0.1) is 0 Å². The van der Waals surface area contributed by atoms with Crippen LogP contribution in [0, 0.1) is 5.82 Å². The van der Waals surface area contributed by atoms with E-state index in [9.17, 15) is 9.18 Å². The summed E-state index contributed by atoms with van der Waals surface area (Å²) in [4.78, 5) is 24.5. The SMILES string of the molecule is C[C@H]1CCCN1c1nc2cc(C(=O)OC(C)(C)C)ccc2nc1-c1ccc(F)cc1. The summed E-state index contributed by atoms with van der Waals surface area (Å²) in [7, 11) is 0. The van der Waals surface area contributed by atoms with E-state index < -0.39 is 5.60 Å². The first kappa shape index (κ1) is 20.3. The monoisotopic (exact) mass is 407 g/mol. The van der Waals surface area contributed by atoms with Gasteiger partial charge in [0, 0.05) is 18.2 Å². The standard InChI is InChI=1S/C24H26FN3O2/c1-15-6-5-13-28(15)22-21(16-7-10-18(25)11-8-16)26-19-12-9-17(14-20(19)27-22)23(29)30-24(2,3)4/h7-12,14-15H,5-6,13H2,1-4H3/t15-/m0/s1. The van der Waals surface area contributed by atoms with Gasteiger partial charge in [-0.05, 0) is 83.0 Å². The molecule has 30 heavy (non-hydrogen) atoms. The summed E-state index contributed by atoms with van der Waals surface area (Å²) in [5.41, 5.74) is 2.73. The van der Waals surface area contributed by atoms with E-state index in [2.05, 4.69) is 11.8 Å². The lowest BCUT2D eigenvalue weighted by molar-refractivity contribution is 0.00697. The molecule has 1 aliphatic heterocycles. The summed E-state index contributed by atoms with van der Waals surface area (Å²) in [6, 6.07) is 11.9. The maximum Gasteiger partial charge on any atom is 0.338 e. The molecule has 1 atom stereocenters. The van der Waals surface area contributed by atoms with Crippen LogP contribution in [0.2, 0.25) is 0 Å². The average Bonchev–Trinajstić information content (AvgIpc) is 3.11. The largest absolute Gasteiger partial charge is 0.456 e. The molecule has 1 fully saturated rings. The predicted molar refractivity (Wildman–Crippen MR) is 116 cm³/mol. The average molecular weight is 407 g/mol. The fraction of sp³-hybridized carbons (Fsp3) is 0.375. The number of rotatable bonds is 3. The van der Waals surface area contributed by atoms with Gasteiger partial charge in [0.25, 0.3) is 0 Å². The highest BCUT2D eigenvalue weighted by molar-refractivity contribution is 5.94. The van der Waals surface area contributed by atoms with Gasteiger partial charge in [0.15, 0.2) is 5.82 Å². The van der Waals surface area contributed by atoms with Crippen molar-refractivity contribution in [2.45, 2.75) is 52.2 Å². The van der Waals surface area contributed by atoms with Crippen molar-refractivity contribution in [3.63, 3.8) is 0 Å². The normalized spacial score (nSPS) is 16.8. The van der Waals surface area contributed by atoms with Crippen molar-refractivity contribution in [3.8, 4) is 11.3 Å². The molecule has 5 nitrogen and oxygen atoms in total. The summed E-state index contributed by atoms with van der Waals surface area (Å²) < 4.78 is 19.0. The highest BCUT2D eigenvalue weighted by atomic mass is 19.1. The van der Waals surface area contributed by atoms with Crippen LogP contribution in [0.25, 0.3) is 22.3 Å². The Bertz CT molecular complexity index is 1090. The fourth-order valence-electron chi connectivity index (χ4n) is 3.76. The lowest BCUT2D eigenvalue weighted by Crippen LogP contribution is -2.28. The Morgan fingerprint density at radius 2 is 1.83 bits per heavy atom. The van der Waals surface area contributed by atoms with Crippen LogP contribution < -0.4 is 4.90 Å². The Kier molecular flexibility index (Phi) is 5.18. The first-order valence-electron chi connectivity index (χ1n) is 10.3. The molecule has 0 amide bonds. The zero-order valence-corrected chi connectivity index (χ0v) is 17.8. The number of ether oxygens (including phenoxy) is 1. The highest BCUT2D eigenvalue weighted by Gasteiger charge is 2.26. The van der Waals surface area contributed by atoms with Crippen molar-refractivity contribution in [2.24, 2.45) is 0 Å². The minimum atomic E-state index is -0.569. The van der Waals surface area contributed by atoms with E-state index in [0.717, 1.165) is 36.5 Å². The molecular formula is C24H26FN3O2. The molecular weight excluding hydrogens is 381 g/mol. The van der Waals surface area contributed by atoms with Gasteiger partial charge < -0.3 is 9.64 Å². The van der Waals surface area contributed by atoms with E-state index in [1.54, 1.807) is 30.3 Å². The molecule has 4 rings (SSSR count). The van der Waals surface area contributed by atoms with Crippen molar-refractivity contribution in [1.82, 2.24) is 9.97 Å². The van der Waals surface area contributed by atoms with Crippen LogP contribution in [0.15, 0.2) is 42.5 Å². The van der Waals surface area contributed by atoms with Gasteiger partial charge in [-0.3, -0.25) is 0 Å². The number of aromatic nitrogens is 2. The smallest absolute Gasteiger partial charge is 0.338 e. The molecule has 2 aromatic carbocycles. The zero-order valence-electron chi connectivity index (χ0n) is 17.8. The fourth-order valence-corrected chi connectivity index (χ4v) is 3.76. The van der Waals surface area contributed by atoms with Crippen LogP contribution >= 0.6 is 0 Å². The summed E-state index contributed by atoms with van der Waals surface area (Å²) >= 11 is 0. The molecule has 2 heterocycles. The predicted octanol–water partition coefficient (Wildman–Crippen LogP) is 5.38. The second kappa shape index (κ2) is 7.67. The van der Waals surface area contributed by atoms with Gasteiger partial charge >= 0.3 is 5.97 Å². The number of hydrogen-bond acceptors (Lipinski definition) is 5. The number of anilines is 1. The molecule has 1 aliphatic rings. The van der Waals surface area contributed by atoms with Crippen LogP contribution in [-0.2, 0) is 4.74 Å². The van der Waals surface area contributed by atoms with Crippen LogP contribution in [0.3, 0.4) is 0 Å². The van der Waals surface area contributed by atoms with E-state index in [0.29, 0.717) is 22.6 Å². The number of carbonyl (C=O) groups excluding carboxylic acids is 1. The number of fused-ring (bicyclic) bond motifs is 1. The van der Waals surface area contributed by atoms with Crippen molar-refractivity contribution in [3.05, 3.63) is 53.8 Å². The zero-order chi connectivity index (χ0) is 21.5. The van der Waals surface area contributed by atoms with Crippen LogP contribution in [0.1, 0.15) is 50.9 Å². The lowest BCUT2D eigenvalue weighted by Gasteiger charge is -2.25. The molecule has 0 radical (unpaired) electrons. The Morgan fingerprint density at radius 1 is 1.10 bits per heavy atom. The molecule has 0 N–H and O–H groups in total. The van der Waals surface area contributed by atoms with E-state index in [1.807, 2.05) is 20.8 Å². The van der Waals surface area contributed by atoms with E-state index in [-0.39, 0.29) is 11.8 Å². The van der Waals surface area contributed by atoms with Gasteiger partial charge in [-0.2, -0.15) is 0 Å². The Labute approximate surface area is 175 Å². The topological polar surface area (TPSA) is 55.3 Å². The first-order chi connectivity index (χ1) is 14.2. The maximum absolute atomic E-state index is 13.5. The first-order valence-corrected chi connectivity index (χ1v) is 10.3. The summed E-state index contributed by atoms with van der Waals surface area (Å²) in [6.45, 7) is 8.58. The van der Waals surface area contributed by atoms with E-state index in [1.165, 1.54) is 12.1 Å². The maximum atomic E-state index is 13.5. The second-order valence-corrected chi connectivity index (χ2v) is 8.79. The molecule has 1 saturated heterocycles. The minimum absolute atomic E-state index is 0.286. The molecule has 6 heteroatoms. The third kappa shape index (κ3) is 4.13. The number of carbonyl (C=O) groups is 1. The van der Waals surface area contributed by atoms with Crippen molar-refractivity contribution >= 4 is 22.8 Å². The molecule has 156 valence electrons. The summed E-state index contributed by atoms with van der Waals surface area (Å²) in [6.07, 6.45) is 2.17. The summed E-state index contributed by atoms with van der Waals surface area (Å²) in [5, 5.41) is 0. The highest BCUT2D eigenvalue weighted by Crippen LogP contribution is 2.34. The van der Waals surface area contributed by atoms with Crippen LogP contribution in [0.4, 0.5) is 10.2 Å². The van der Waals surface area contributed by atoms with Gasteiger partial charge in [-0.1, -0.05) is 0 Å². The van der Waals surface area contributed by atoms with Gasteiger partial charge in [0.05, 0.1) is 16.6 Å². The van der Waals surface area contributed by atoms with Crippen LogP contribution in [-0.4, -0.2) is 34.1 Å².